The lowest BCUT2D eigenvalue weighted by Crippen LogP contribution is -2.19. The van der Waals surface area contributed by atoms with Crippen LogP contribution in [-0.4, -0.2) is 21.1 Å². The van der Waals surface area contributed by atoms with Gasteiger partial charge in [-0.05, 0) is 48.9 Å². The van der Waals surface area contributed by atoms with Crippen molar-refractivity contribution in [3.63, 3.8) is 0 Å². The van der Waals surface area contributed by atoms with Gasteiger partial charge in [-0.15, -0.1) is 0 Å². The predicted molar refractivity (Wildman–Crippen MR) is 82.6 cm³/mol. The zero-order chi connectivity index (χ0) is 15.4. The Morgan fingerprint density at radius 3 is 2.43 bits per heavy atom. The maximum Gasteiger partial charge on any atom is 0.159 e. The molecular weight excluding hydrogens is 270 g/mol. The Balaban J connectivity index is 2.23. The number of hydrogen-bond acceptors (Lipinski definition) is 2. The van der Waals surface area contributed by atoms with Gasteiger partial charge in [-0.2, -0.15) is 0 Å². The Labute approximate surface area is 124 Å². The van der Waals surface area contributed by atoms with Crippen LogP contribution in [0, 0.1) is 11.6 Å². The number of nitrogens with zero attached hydrogens (tertiary/aromatic N) is 1. The second-order valence-electron chi connectivity index (χ2n) is 5.28. The molecule has 0 heterocycles. The molecule has 0 spiro atoms. The summed E-state index contributed by atoms with van der Waals surface area (Å²) in [5, 5.41) is 3.23. The van der Waals surface area contributed by atoms with Gasteiger partial charge in [0.2, 0.25) is 0 Å². The van der Waals surface area contributed by atoms with Gasteiger partial charge in [0.15, 0.2) is 11.6 Å². The summed E-state index contributed by atoms with van der Waals surface area (Å²) >= 11 is 0. The minimum atomic E-state index is -0.811. The molecule has 0 saturated heterocycles. The summed E-state index contributed by atoms with van der Waals surface area (Å²) < 4.78 is 26.3. The molecule has 0 aromatic heterocycles. The molecule has 0 saturated carbocycles. The van der Waals surface area contributed by atoms with Crippen molar-refractivity contribution in [3.8, 4) is 0 Å². The number of anilines is 1. The quantitative estimate of drug-likeness (QED) is 0.906. The Bertz CT molecular complexity index is 611. The van der Waals surface area contributed by atoms with Crippen molar-refractivity contribution < 1.29 is 8.78 Å². The van der Waals surface area contributed by atoms with Crippen LogP contribution in [0.25, 0.3) is 0 Å². The molecule has 112 valence electrons. The molecule has 21 heavy (non-hydrogen) atoms. The van der Waals surface area contributed by atoms with Crippen molar-refractivity contribution >= 4 is 5.69 Å². The summed E-state index contributed by atoms with van der Waals surface area (Å²) in [4.78, 5) is 2.04. The molecule has 2 aromatic carbocycles. The first-order chi connectivity index (χ1) is 10.0. The van der Waals surface area contributed by atoms with Gasteiger partial charge >= 0.3 is 0 Å². The van der Waals surface area contributed by atoms with Crippen LogP contribution in [-0.2, 0) is 6.42 Å². The summed E-state index contributed by atoms with van der Waals surface area (Å²) in [7, 11) is 5.85. The van der Waals surface area contributed by atoms with Gasteiger partial charge in [0.05, 0.1) is 0 Å². The van der Waals surface area contributed by atoms with Gasteiger partial charge in [0, 0.05) is 25.8 Å². The van der Waals surface area contributed by atoms with E-state index in [1.807, 2.05) is 44.2 Å². The van der Waals surface area contributed by atoms with E-state index in [1.165, 1.54) is 12.1 Å². The molecule has 0 bridgehead atoms. The highest BCUT2D eigenvalue weighted by atomic mass is 19.2. The number of nitrogens with one attached hydrogen (secondary N) is 1. The Kier molecular flexibility index (Phi) is 4.91. The number of likely N-dealkylation sites (N-methyl/N-ethyl adjacent to an activating group) is 1. The fourth-order valence-corrected chi connectivity index (χ4v) is 2.31. The molecule has 2 nitrogen and oxygen atoms in total. The molecule has 0 aliphatic heterocycles. The van der Waals surface area contributed by atoms with Crippen LogP contribution < -0.4 is 10.2 Å². The van der Waals surface area contributed by atoms with Crippen molar-refractivity contribution in [2.45, 2.75) is 12.5 Å². The highest BCUT2D eigenvalue weighted by Crippen LogP contribution is 2.23. The standard InChI is InChI=1S/C17H20F2N2/c1-20-17(10-12-7-8-15(18)16(19)9-12)13-5-4-6-14(11-13)21(2)3/h4-9,11,17,20H,10H2,1-3H3. The summed E-state index contributed by atoms with van der Waals surface area (Å²) in [6.45, 7) is 0. The molecule has 1 atom stereocenters. The second-order valence-corrected chi connectivity index (χ2v) is 5.28. The van der Waals surface area contributed by atoms with Gasteiger partial charge in [-0.25, -0.2) is 8.78 Å². The van der Waals surface area contributed by atoms with E-state index in [-0.39, 0.29) is 6.04 Å². The van der Waals surface area contributed by atoms with Gasteiger partial charge in [0.25, 0.3) is 0 Å². The molecule has 0 aliphatic rings. The third-order valence-electron chi connectivity index (χ3n) is 3.56. The van der Waals surface area contributed by atoms with E-state index in [4.69, 9.17) is 0 Å². The van der Waals surface area contributed by atoms with Gasteiger partial charge in [-0.1, -0.05) is 18.2 Å². The fourth-order valence-electron chi connectivity index (χ4n) is 2.31. The van der Waals surface area contributed by atoms with Gasteiger partial charge in [0.1, 0.15) is 0 Å². The lowest BCUT2D eigenvalue weighted by Gasteiger charge is -2.20. The van der Waals surface area contributed by atoms with E-state index < -0.39 is 11.6 Å². The number of rotatable bonds is 5. The Morgan fingerprint density at radius 1 is 1.05 bits per heavy atom. The largest absolute Gasteiger partial charge is 0.378 e. The third kappa shape index (κ3) is 3.79. The molecular formula is C17H20F2N2. The highest BCUT2D eigenvalue weighted by Gasteiger charge is 2.12. The Hall–Kier alpha value is -1.94. The van der Waals surface area contributed by atoms with Crippen LogP contribution >= 0.6 is 0 Å². The van der Waals surface area contributed by atoms with E-state index in [1.54, 1.807) is 6.07 Å². The van der Waals surface area contributed by atoms with Crippen LogP contribution in [0.2, 0.25) is 0 Å². The predicted octanol–water partition coefficient (Wildman–Crippen LogP) is 3.53. The zero-order valence-electron chi connectivity index (χ0n) is 12.5. The average molecular weight is 290 g/mol. The molecule has 1 N–H and O–H groups in total. The number of halogens is 2. The number of benzene rings is 2. The van der Waals surface area contributed by atoms with Crippen molar-refractivity contribution in [2.24, 2.45) is 0 Å². The molecule has 2 rings (SSSR count). The second kappa shape index (κ2) is 6.68. The summed E-state index contributed by atoms with van der Waals surface area (Å²) in [6, 6.07) is 12.3. The monoisotopic (exact) mass is 290 g/mol. The first-order valence-corrected chi connectivity index (χ1v) is 6.89. The molecule has 0 radical (unpaired) electrons. The van der Waals surface area contributed by atoms with Gasteiger partial charge in [-0.3, -0.25) is 0 Å². The summed E-state index contributed by atoms with van der Waals surface area (Å²) in [5.41, 5.74) is 3.00. The fraction of sp³-hybridized carbons (Fsp3) is 0.294. The minimum Gasteiger partial charge on any atom is -0.378 e. The van der Waals surface area contributed by atoms with Crippen molar-refractivity contribution in [1.82, 2.24) is 5.32 Å². The molecule has 0 fully saturated rings. The lowest BCUT2D eigenvalue weighted by atomic mass is 9.98. The van der Waals surface area contributed by atoms with Crippen LogP contribution in [0.5, 0.6) is 0 Å². The first-order valence-electron chi connectivity index (χ1n) is 6.89. The first kappa shape index (κ1) is 15.4. The van der Waals surface area contributed by atoms with E-state index in [0.29, 0.717) is 6.42 Å². The maximum atomic E-state index is 13.3. The topological polar surface area (TPSA) is 15.3 Å². The maximum absolute atomic E-state index is 13.3. The minimum absolute atomic E-state index is 0.0507. The summed E-state index contributed by atoms with van der Waals surface area (Å²) in [5.74, 6) is -1.61. The molecule has 2 aromatic rings. The van der Waals surface area contributed by atoms with E-state index in [0.717, 1.165) is 16.8 Å². The zero-order valence-corrected chi connectivity index (χ0v) is 12.5. The summed E-state index contributed by atoms with van der Waals surface area (Å²) in [6.07, 6.45) is 0.602. The molecule has 4 heteroatoms. The lowest BCUT2D eigenvalue weighted by molar-refractivity contribution is 0.504. The van der Waals surface area contributed by atoms with E-state index >= 15 is 0 Å². The highest BCUT2D eigenvalue weighted by molar-refractivity contribution is 5.48. The Morgan fingerprint density at radius 2 is 1.81 bits per heavy atom. The average Bonchev–Trinajstić information content (AvgIpc) is 2.48. The van der Waals surface area contributed by atoms with Crippen LogP contribution in [0.15, 0.2) is 42.5 Å². The molecule has 0 amide bonds. The van der Waals surface area contributed by atoms with E-state index in [9.17, 15) is 8.78 Å². The molecule has 1 unspecified atom stereocenters. The number of hydrogen-bond donors (Lipinski definition) is 1. The third-order valence-corrected chi connectivity index (χ3v) is 3.56. The van der Waals surface area contributed by atoms with E-state index in [2.05, 4.69) is 11.4 Å². The normalized spacial score (nSPS) is 12.2. The van der Waals surface area contributed by atoms with Crippen molar-refractivity contribution in [2.75, 3.05) is 26.0 Å². The SMILES string of the molecule is CNC(Cc1ccc(F)c(F)c1)c1cccc(N(C)C)c1. The van der Waals surface area contributed by atoms with Crippen molar-refractivity contribution in [3.05, 3.63) is 65.2 Å². The van der Waals surface area contributed by atoms with Crippen LogP contribution in [0.1, 0.15) is 17.2 Å². The smallest absolute Gasteiger partial charge is 0.159 e. The van der Waals surface area contributed by atoms with Crippen molar-refractivity contribution in [1.29, 1.82) is 0 Å². The van der Waals surface area contributed by atoms with Crippen LogP contribution in [0.4, 0.5) is 14.5 Å². The van der Waals surface area contributed by atoms with Crippen LogP contribution in [0.3, 0.4) is 0 Å². The molecule has 0 aliphatic carbocycles. The van der Waals surface area contributed by atoms with Gasteiger partial charge < -0.3 is 10.2 Å².